The van der Waals surface area contributed by atoms with Crippen LogP contribution in [0.15, 0.2) is 12.2 Å². The fraction of sp³-hybridized carbons (Fsp3) is 0.750. The predicted molar refractivity (Wildman–Crippen MR) is 72.7 cm³/mol. The molecule has 0 aromatic carbocycles. The van der Waals surface area contributed by atoms with E-state index in [4.69, 9.17) is 0 Å². The van der Waals surface area contributed by atoms with Gasteiger partial charge in [0.2, 0.25) is 5.91 Å². The Kier molecular flexibility index (Phi) is 2.69. The summed E-state index contributed by atoms with van der Waals surface area (Å²) in [5.74, 6) is -0.0400. The van der Waals surface area contributed by atoms with E-state index in [1.807, 2.05) is 6.08 Å². The molecule has 4 aliphatic carbocycles. The summed E-state index contributed by atoms with van der Waals surface area (Å²) < 4.78 is 0. The quantitative estimate of drug-likeness (QED) is 0.772. The number of hydrogen-bond donors (Lipinski definition) is 2. The lowest BCUT2D eigenvalue weighted by Gasteiger charge is -2.28. The highest BCUT2D eigenvalue weighted by atomic mass is 16.4. The number of carbonyl (C=O) groups excluding carboxylic acids is 1. The fourth-order valence-electron chi connectivity index (χ4n) is 5.22. The third-order valence-corrected chi connectivity index (χ3v) is 6.11. The molecule has 4 rings (SSSR count). The molecule has 0 radical (unpaired) electrons. The Balaban J connectivity index is 1.48. The number of allylic oxidation sites excluding steroid dienone is 2. The van der Waals surface area contributed by atoms with Gasteiger partial charge in [-0.3, -0.25) is 9.59 Å². The molecular weight excluding hydrogens is 254 g/mol. The van der Waals surface area contributed by atoms with Crippen LogP contribution in [0.4, 0.5) is 0 Å². The number of carbonyl (C=O) groups is 2. The van der Waals surface area contributed by atoms with Gasteiger partial charge in [0.1, 0.15) is 0 Å². The zero-order valence-electron chi connectivity index (χ0n) is 11.5. The van der Waals surface area contributed by atoms with Crippen LogP contribution >= 0.6 is 0 Å². The van der Waals surface area contributed by atoms with Gasteiger partial charge in [-0.1, -0.05) is 18.6 Å². The number of aliphatic carboxylic acids is 1. The van der Waals surface area contributed by atoms with E-state index >= 15 is 0 Å². The molecule has 0 aliphatic heterocycles. The number of carboxylic acid groups (broad SMARTS) is 1. The van der Waals surface area contributed by atoms with Gasteiger partial charge >= 0.3 is 5.97 Å². The van der Waals surface area contributed by atoms with Crippen molar-refractivity contribution >= 4 is 11.9 Å². The van der Waals surface area contributed by atoms with Crippen LogP contribution in [0.3, 0.4) is 0 Å². The van der Waals surface area contributed by atoms with Gasteiger partial charge in [0.05, 0.1) is 11.8 Å². The molecule has 0 aromatic heterocycles. The van der Waals surface area contributed by atoms with E-state index in [-0.39, 0.29) is 23.7 Å². The lowest BCUT2D eigenvalue weighted by atomic mass is 9.82. The van der Waals surface area contributed by atoms with Crippen LogP contribution in [0, 0.1) is 35.5 Å². The van der Waals surface area contributed by atoms with E-state index in [2.05, 4.69) is 11.4 Å². The van der Waals surface area contributed by atoms with Crippen molar-refractivity contribution in [2.75, 3.05) is 0 Å². The zero-order valence-corrected chi connectivity index (χ0v) is 11.5. The number of amides is 1. The van der Waals surface area contributed by atoms with E-state index in [9.17, 15) is 14.7 Å². The summed E-state index contributed by atoms with van der Waals surface area (Å²) in [4.78, 5) is 24.0. The van der Waals surface area contributed by atoms with Crippen LogP contribution in [0.25, 0.3) is 0 Å². The highest BCUT2D eigenvalue weighted by molar-refractivity contribution is 5.87. The van der Waals surface area contributed by atoms with Crippen molar-refractivity contribution in [3.05, 3.63) is 12.2 Å². The predicted octanol–water partition coefficient (Wildman–Crippen LogP) is 1.81. The molecule has 7 atom stereocenters. The van der Waals surface area contributed by atoms with E-state index in [0.717, 1.165) is 18.8 Å². The lowest BCUT2D eigenvalue weighted by molar-refractivity contribution is -0.148. The summed E-state index contributed by atoms with van der Waals surface area (Å²) >= 11 is 0. The highest BCUT2D eigenvalue weighted by Gasteiger charge is 2.52. The standard InChI is InChI=1S/C16H21NO3/c18-15(17-12-6-8-1-2-9(12)5-8)13-10-3-4-11(7-10)14(13)16(19)20/h3-4,8-14H,1-2,5-7H2,(H,17,18)(H,19,20)/t8?,9?,10?,11?,12?,13-,14+/m0/s1. The van der Waals surface area contributed by atoms with E-state index in [1.54, 1.807) is 0 Å². The SMILES string of the molecule is O=C(O)[C@@H]1C2C=CC(C2)[C@@H]1C(=O)NC1CC2CCC1C2. The number of hydrogen-bond acceptors (Lipinski definition) is 2. The maximum absolute atomic E-state index is 12.6. The van der Waals surface area contributed by atoms with Crippen LogP contribution in [0.1, 0.15) is 32.1 Å². The molecule has 0 heterocycles. The second-order valence-electron chi connectivity index (χ2n) is 7.13. The maximum Gasteiger partial charge on any atom is 0.307 e. The van der Waals surface area contributed by atoms with Gasteiger partial charge in [-0.05, 0) is 49.4 Å². The van der Waals surface area contributed by atoms with E-state index in [1.165, 1.54) is 19.3 Å². The first-order valence-corrected chi connectivity index (χ1v) is 7.85. The number of nitrogens with one attached hydrogen (secondary N) is 1. The Bertz CT molecular complexity index is 486. The number of fused-ring (bicyclic) bond motifs is 4. The Morgan fingerprint density at radius 2 is 1.75 bits per heavy atom. The van der Waals surface area contributed by atoms with Crippen molar-refractivity contribution in [1.82, 2.24) is 5.32 Å². The van der Waals surface area contributed by atoms with Gasteiger partial charge in [-0.15, -0.1) is 0 Å². The Morgan fingerprint density at radius 3 is 2.35 bits per heavy atom. The van der Waals surface area contributed by atoms with Crippen molar-refractivity contribution in [3.8, 4) is 0 Å². The smallest absolute Gasteiger partial charge is 0.307 e. The van der Waals surface area contributed by atoms with Gasteiger partial charge in [0.15, 0.2) is 0 Å². The molecule has 1 amide bonds. The summed E-state index contributed by atoms with van der Waals surface area (Å²) in [7, 11) is 0. The van der Waals surface area contributed by atoms with Crippen molar-refractivity contribution < 1.29 is 14.7 Å². The Morgan fingerprint density at radius 1 is 1.00 bits per heavy atom. The number of carboxylic acids is 1. The van der Waals surface area contributed by atoms with Crippen LogP contribution in [0.2, 0.25) is 0 Å². The van der Waals surface area contributed by atoms with Crippen LogP contribution in [-0.4, -0.2) is 23.0 Å². The molecule has 0 spiro atoms. The highest BCUT2D eigenvalue weighted by Crippen LogP contribution is 2.49. The van der Waals surface area contributed by atoms with Gasteiger partial charge in [-0.25, -0.2) is 0 Å². The van der Waals surface area contributed by atoms with Crippen molar-refractivity contribution in [3.63, 3.8) is 0 Å². The minimum atomic E-state index is -0.810. The van der Waals surface area contributed by atoms with Gasteiger partial charge in [0.25, 0.3) is 0 Å². The van der Waals surface area contributed by atoms with Gasteiger partial charge in [-0.2, -0.15) is 0 Å². The molecule has 5 unspecified atom stereocenters. The molecule has 0 saturated heterocycles. The molecule has 0 aromatic rings. The molecular formula is C16H21NO3. The molecule has 4 nitrogen and oxygen atoms in total. The Labute approximate surface area is 118 Å². The summed E-state index contributed by atoms with van der Waals surface area (Å²) in [6.07, 6.45) is 9.78. The molecule has 2 N–H and O–H groups in total. The van der Waals surface area contributed by atoms with Crippen molar-refractivity contribution in [2.24, 2.45) is 35.5 Å². The topological polar surface area (TPSA) is 66.4 Å². The molecule has 3 saturated carbocycles. The minimum Gasteiger partial charge on any atom is -0.481 e. The first-order chi connectivity index (χ1) is 9.63. The molecule has 4 aliphatic rings. The monoisotopic (exact) mass is 275 g/mol. The van der Waals surface area contributed by atoms with Crippen molar-refractivity contribution in [1.29, 1.82) is 0 Å². The summed E-state index contributed by atoms with van der Waals surface area (Å²) in [6, 6.07) is 0.304. The summed E-state index contributed by atoms with van der Waals surface area (Å²) in [5, 5.41) is 12.6. The minimum absolute atomic E-state index is 0.00759. The molecule has 3 fully saturated rings. The van der Waals surface area contributed by atoms with Crippen LogP contribution < -0.4 is 5.32 Å². The van der Waals surface area contributed by atoms with E-state index in [0.29, 0.717) is 12.0 Å². The molecule has 4 bridgehead atoms. The molecule has 108 valence electrons. The second-order valence-corrected chi connectivity index (χ2v) is 7.13. The third-order valence-electron chi connectivity index (χ3n) is 6.11. The third kappa shape index (κ3) is 1.73. The van der Waals surface area contributed by atoms with Gasteiger partial charge < -0.3 is 10.4 Å². The van der Waals surface area contributed by atoms with Crippen molar-refractivity contribution in [2.45, 2.75) is 38.1 Å². The van der Waals surface area contributed by atoms with Crippen LogP contribution in [-0.2, 0) is 9.59 Å². The number of rotatable bonds is 3. The summed E-state index contributed by atoms with van der Waals surface area (Å²) in [6.45, 7) is 0. The molecule has 20 heavy (non-hydrogen) atoms. The normalized spacial score (nSPS) is 47.9. The Hall–Kier alpha value is -1.32. The fourth-order valence-corrected chi connectivity index (χ4v) is 5.22. The maximum atomic E-state index is 12.6. The first-order valence-electron chi connectivity index (χ1n) is 7.85. The van der Waals surface area contributed by atoms with E-state index < -0.39 is 11.9 Å². The van der Waals surface area contributed by atoms with Gasteiger partial charge in [0, 0.05) is 6.04 Å². The lowest BCUT2D eigenvalue weighted by Crippen LogP contribution is -2.46. The first kappa shape index (κ1) is 12.4. The average molecular weight is 275 g/mol. The largest absolute Gasteiger partial charge is 0.481 e. The average Bonchev–Trinajstić information content (AvgIpc) is 3.16. The zero-order chi connectivity index (χ0) is 13.9. The second kappa shape index (κ2) is 4.34. The summed E-state index contributed by atoms with van der Waals surface area (Å²) in [5.41, 5.74) is 0. The van der Waals surface area contributed by atoms with Crippen LogP contribution in [0.5, 0.6) is 0 Å². The molecule has 4 heteroatoms.